The van der Waals surface area contributed by atoms with E-state index in [1.165, 1.54) is 10.7 Å². The van der Waals surface area contributed by atoms with Gasteiger partial charge in [-0.3, -0.25) is 10.1 Å². The highest BCUT2D eigenvalue weighted by molar-refractivity contribution is 5.35. The van der Waals surface area contributed by atoms with E-state index in [0.717, 1.165) is 25.0 Å². The lowest BCUT2D eigenvalue weighted by Gasteiger charge is -2.04. The summed E-state index contributed by atoms with van der Waals surface area (Å²) in [4.78, 5) is 9.80. The van der Waals surface area contributed by atoms with Gasteiger partial charge in [0.25, 0.3) is 0 Å². The van der Waals surface area contributed by atoms with E-state index >= 15 is 0 Å². The molecule has 0 aliphatic rings. The Kier molecular flexibility index (Phi) is 4.59. The van der Waals surface area contributed by atoms with Gasteiger partial charge in [0, 0.05) is 6.07 Å². The molecular weight excluding hydrogens is 277 g/mol. The van der Waals surface area contributed by atoms with Crippen LogP contribution in [0.1, 0.15) is 37.1 Å². The number of rotatable bonds is 6. The van der Waals surface area contributed by atoms with Crippen molar-refractivity contribution in [1.29, 1.82) is 0 Å². The molecule has 1 atom stereocenters. The van der Waals surface area contributed by atoms with Crippen LogP contribution in [0.5, 0.6) is 0 Å². The molecule has 1 aromatic heterocycles. The zero-order chi connectivity index (χ0) is 15.4. The Morgan fingerprint density at radius 1 is 1.52 bits per heavy atom. The Morgan fingerprint density at radius 2 is 2.29 bits per heavy atom. The standard InChI is InChI=1S/C13H16FN5O2/c1-2-3-11(15)12-8-18(17-16-12)7-9-4-5-13(19(20)21)10(14)6-9/h4-6,8,11H,2-3,7,15H2,1H3. The summed E-state index contributed by atoms with van der Waals surface area (Å²) in [7, 11) is 0. The number of hydrogen-bond acceptors (Lipinski definition) is 5. The van der Waals surface area contributed by atoms with Gasteiger partial charge < -0.3 is 5.73 Å². The molecule has 2 aromatic rings. The zero-order valence-corrected chi connectivity index (χ0v) is 11.6. The molecule has 0 radical (unpaired) electrons. The Morgan fingerprint density at radius 3 is 2.90 bits per heavy atom. The Balaban J connectivity index is 2.12. The quantitative estimate of drug-likeness (QED) is 0.650. The van der Waals surface area contributed by atoms with Gasteiger partial charge in [0.2, 0.25) is 5.82 Å². The molecule has 7 nitrogen and oxygen atoms in total. The number of benzene rings is 1. The van der Waals surface area contributed by atoms with Crippen molar-refractivity contribution in [2.75, 3.05) is 0 Å². The fourth-order valence-electron chi connectivity index (χ4n) is 2.00. The zero-order valence-electron chi connectivity index (χ0n) is 11.6. The van der Waals surface area contributed by atoms with Crippen LogP contribution in [0.3, 0.4) is 0 Å². The van der Waals surface area contributed by atoms with Crippen molar-refractivity contribution in [2.45, 2.75) is 32.4 Å². The van der Waals surface area contributed by atoms with Gasteiger partial charge >= 0.3 is 5.69 Å². The minimum atomic E-state index is -0.861. The maximum Gasteiger partial charge on any atom is 0.304 e. The second-order valence-electron chi connectivity index (χ2n) is 4.78. The van der Waals surface area contributed by atoms with Crippen molar-refractivity contribution in [1.82, 2.24) is 15.0 Å². The van der Waals surface area contributed by atoms with E-state index in [9.17, 15) is 14.5 Å². The number of hydrogen-bond donors (Lipinski definition) is 1. The van der Waals surface area contributed by atoms with Crippen LogP contribution in [0.4, 0.5) is 10.1 Å². The average molecular weight is 293 g/mol. The van der Waals surface area contributed by atoms with Crippen LogP contribution in [0.2, 0.25) is 0 Å². The summed E-state index contributed by atoms with van der Waals surface area (Å²) >= 11 is 0. The number of nitrogens with two attached hydrogens (primary N) is 1. The molecule has 0 fully saturated rings. The molecule has 0 saturated carbocycles. The summed E-state index contributed by atoms with van der Waals surface area (Å²) in [6.07, 6.45) is 3.46. The molecule has 0 saturated heterocycles. The summed E-state index contributed by atoms with van der Waals surface area (Å²) in [6.45, 7) is 2.31. The van der Waals surface area contributed by atoms with Gasteiger partial charge in [0.1, 0.15) is 0 Å². The Bertz CT molecular complexity index is 643. The maximum absolute atomic E-state index is 13.5. The Hall–Kier alpha value is -2.35. The molecule has 1 heterocycles. The molecule has 21 heavy (non-hydrogen) atoms. The van der Waals surface area contributed by atoms with Crippen LogP contribution in [-0.2, 0) is 6.54 Å². The first kappa shape index (κ1) is 15.0. The van der Waals surface area contributed by atoms with Gasteiger partial charge in [-0.2, -0.15) is 4.39 Å². The smallest absolute Gasteiger partial charge is 0.304 e. The minimum absolute atomic E-state index is 0.169. The van der Waals surface area contributed by atoms with Gasteiger partial charge in [-0.25, -0.2) is 4.68 Å². The lowest BCUT2D eigenvalue weighted by Crippen LogP contribution is -2.10. The normalized spacial score (nSPS) is 12.3. The van der Waals surface area contributed by atoms with E-state index in [4.69, 9.17) is 5.73 Å². The van der Waals surface area contributed by atoms with Crippen molar-refractivity contribution in [3.63, 3.8) is 0 Å². The first-order valence-corrected chi connectivity index (χ1v) is 6.59. The monoisotopic (exact) mass is 293 g/mol. The first-order valence-electron chi connectivity index (χ1n) is 6.59. The second kappa shape index (κ2) is 6.40. The molecule has 8 heteroatoms. The van der Waals surface area contributed by atoms with Gasteiger partial charge in [-0.15, -0.1) is 5.10 Å². The van der Waals surface area contributed by atoms with E-state index in [-0.39, 0.29) is 12.6 Å². The summed E-state index contributed by atoms with van der Waals surface area (Å²) in [5.74, 6) is -0.861. The molecule has 1 unspecified atom stereocenters. The fourth-order valence-corrected chi connectivity index (χ4v) is 2.00. The highest BCUT2D eigenvalue weighted by Gasteiger charge is 2.14. The SMILES string of the molecule is CCCC(N)c1cn(Cc2ccc([N+](=O)[O-])c(F)c2)nn1. The molecule has 0 amide bonds. The van der Waals surface area contributed by atoms with Crippen molar-refractivity contribution in [3.8, 4) is 0 Å². The van der Waals surface area contributed by atoms with Gasteiger partial charge in [-0.05, 0) is 18.1 Å². The van der Waals surface area contributed by atoms with E-state index in [1.807, 2.05) is 6.92 Å². The summed E-state index contributed by atoms with van der Waals surface area (Å²) in [5.41, 5.74) is 6.65. The van der Waals surface area contributed by atoms with Crippen molar-refractivity contribution in [3.05, 3.63) is 51.6 Å². The number of nitrogens with zero attached hydrogens (tertiary/aromatic N) is 4. The van der Waals surface area contributed by atoms with Crippen molar-refractivity contribution >= 4 is 5.69 Å². The molecule has 112 valence electrons. The van der Waals surface area contributed by atoms with Crippen molar-refractivity contribution in [2.24, 2.45) is 5.73 Å². The summed E-state index contributed by atoms with van der Waals surface area (Å²) < 4.78 is 15.1. The van der Waals surface area contributed by atoms with Crippen LogP contribution in [-0.4, -0.2) is 19.9 Å². The predicted molar refractivity (Wildman–Crippen MR) is 74.0 cm³/mol. The highest BCUT2D eigenvalue weighted by Crippen LogP contribution is 2.19. The molecule has 0 aliphatic heterocycles. The van der Waals surface area contributed by atoms with E-state index in [0.29, 0.717) is 11.3 Å². The third kappa shape index (κ3) is 3.60. The molecular formula is C13H16FN5O2. The topological polar surface area (TPSA) is 99.9 Å². The summed E-state index contributed by atoms with van der Waals surface area (Å²) in [5, 5.41) is 18.5. The first-order chi connectivity index (χ1) is 10.0. The highest BCUT2D eigenvalue weighted by atomic mass is 19.1. The summed E-state index contributed by atoms with van der Waals surface area (Å²) in [6, 6.07) is 3.60. The number of aromatic nitrogens is 3. The second-order valence-corrected chi connectivity index (χ2v) is 4.78. The Labute approximate surface area is 120 Å². The molecule has 2 N–H and O–H groups in total. The molecule has 1 aromatic carbocycles. The van der Waals surface area contributed by atoms with Crippen LogP contribution in [0, 0.1) is 15.9 Å². The third-order valence-electron chi connectivity index (χ3n) is 3.09. The number of nitro benzene ring substituents is 1. The lowest BCUT2D eigenvalue weighted by molar-refractivity contribution is -0.387. The fraction of sp³-hybridized carbons (Fsp3) is 0.385. The van der Waals surface area contributed by atoms with Gasteiger partial charge in [-0.1, -0.05) is 24.6 Å². The maximum atomic E-state index is 13.5. The predicted octanol–water partition coefficient (Wildman–Crippen LogP) is 2.17. The molecule has 0 aliphatic carbocycles. The average Bonchev–Trinajstić information content (AvgIpc) is 2.87. The van der Waals surface area contributed by atoms with E-state index < -0.39 is 16.4 Å². The van der Waals surface area contributed by atoms with Crippen LogP contribution >= 0.6 is 0 Å². The van der Waals surface area contributed by atoms with Gasteiger partial charge in [0.15, 0.2) is 0 Å². The van der Waals surface area contributed by atoms with Crippen LogP contribution in [0.25, 0.3) is 0 Å². The molecule has 0 bridgehead atoms. The minimum Gasteiger partial charge on any atom is -0.323 e. The third-order valence-corrected chi connectivity index (χ3v) is 3.09. The van der Waals surface area contributed by atoms with E-state index in [1.54, 1.807) is 6.20 Å². The van der Waals surface area contributed by atoms with Crippen LogP contribution < -0.4 is 5.73 Å². The van der Waals surface area contributed by atoms with Gasteiger partial charge in [0.05, 0.1) is 29.4 Å². The largest absolute Gasteiger partial charge is 0.323 e. The van der Waals surface area contributed by atoms with Crippen molar-refractivity contribution < 1.29 is 9.31 Å². The molecule has 0 spiro atoms. The lowest BCUT2D eigenvalue weighted by atomic mass is 10.1. The number of halogens is 1. The van der Waals surface area contributed by atoms with Crippen LogP contribution in [0.15, 0.2) is 24.4 Å². The van der Waals surface area contributed by atoms with E-state index in [2.05, 4.69) is 10.3 Å². The number of nitro groups is 1. The molecule has 2 rings (SSSR count).